The minimum Gasteiger partial charge on any atom is -0.496 e. The number of aliphatic hydroxyl groups is 1. The molecule has 2 aromatic carbocycles. The SMILES string of the molecule is COc1ccc(CC2(O)CCCc3ccccc32)cc1Br. The smallest absolute Gasteiger partial charge is 0.133 e. The first-order valence-electron chi connectivity index (χ1n) is 7.25. The van der Waals surface area contributed by atoms with Gasteiger partial charge in [0.2, 0.25) is 0 Å². The van der Waals surface area contributed by atoms with Crippen molar-refractivity contribution in [3.05, 3.63) is 63.6 Å². The maximum Gasteiger partial charge on any atom is 0.133 e. The quantitative estimate of drug-likeness (QED) is 0.901. The van der Waals surface area contributed by atoms with E-state index in [1.807, 2.05) is 24.3 Å². The normalized spacial score (nSPS) is 20.9. The molecule has 2 aromatic rings. The predicted molar refractivity (Wildman–Crippen MR) is 87.7 cm³/mol. The first-order valence-corrected chi connectivity index (χ1v) is 8.05. The fraction of sp³-hybridized carbons (Fsp3) is 0.333. The zero-order chi connectivity index (χ0) is 14.9. The van der Waals surface area contributed by atoms with Crippen LogP contribution in [-0.2, 0) is 18.4 Å². The van der Waals surface area contributed by atoms with Gasteiger partial charge in [-0.3, -0.25) is 0 Å². The molecule has 0 saturated heterocycles. The van der Waals surface area contributed by atoms with Crippen LogP contribution >= 0.6 is 15.9 Å². The van der Waals surface area contributed by atoms with E-state index in [9.17, 15) is 5.11 Å². The van der Waals surface area contributed by atoms with Gasteiger partial charge in [-0.2, -0.15) is 0 Å². The highest BCUT2D eigenvalue weighted by Crippen LogP contribution is 2.38. The van der Waals surface area contributed by atoms with Crippen LogP contribution in [0.15, 0.2) is 46.9 Å². The highest BCUT2D eigenvalue weighted by Gasteiger charge is 2.34. The van der Waals surface area contributed by atoms with Gasteiger partial charge in [0.1, 0.15) is 5.75 Å². The molecular weight excluding hydrogens is 328 g/mol. The van der Waals surface area contributed by atoms with Crippen LogP contribution in [0.25, 0.3) is 0 Å². The molecular formula is C18H19BrO2. The first kappa shape index (κ1) is 14.6. The molecule has 1 N–H and O–H groups in total. The maximum absolute atomic E-state index is 11.1. The van der Waals surface area contributed by atoms with Crippen molar-refractivity contribution in [1.29, 1.82) is 0 Å². The van der Waals surface area contributed by atoms with Crippen LogP contribution in [0.2, 0.25) is 0 Å². The lowest BCUT2D eigenvalue weighted by Crippen LogP contribution is -2.33. The number of hydrogen-bond donors (Lipinski definition) is 1. The van der Waals surface area contributed by atoms with E-state index >= 15 is 0 Å². The van der Waals surface area contributed by atoms with E-state index < -0.39 is 5.60 Å². The van der Waals surface area contributed by atoms with Crippen LogP contribution in [0.4, 0.5) is 0 Å². The lowest BCUT2D eigenvalue weighted by atomic mass is 9.76. The van der Waals surface area contributed by atoms with Crippen molar-refractivity contribution < 1.29 is 9.84 Å². The highest BCUT2D eigenvalue weighted by atomic mass is 79.9. The Morgan fingerprint density at radius 3 is 2.81 bits per heavy atom. The summed E-state index contributed by atoms with van der Waals surface area (Å²) in [7, 11) is 1.66. The molecule has 0 spiro atoms. The summed E-state index contributed by atoms with van der Waals surface area (Å²) in [5.41, 5.74) is 2.71. The Morgan fingerprint density at radius 1 is 1.24 bits per heavy atom. The number of hydrogen-bond acceptors (Lipinski definition) is 2. The molecule has 1 aliphatic rings. The van der Waals surface area contributed by atoms with Gasteiger partial charge in [-0.1, -0.05) is 30.3 Å². The Kier molecular flexibility index (Phi) is 4.05. The molecule has 3 rings (SSSR count). The Hall–Kier alpha value is -1.32. The van der Waals surface area contributed by atoms with Crippen LogP contribution in [-0.4, -0.2) is 12.2 Å². The van der Waals surface area contributed by atoms with Gasteiger partial charge < -0.3 is 9.84 Å². The molecule has 110 valence electrons. The van der Waals surface area contributed by atoms with Gasteiger partial charge in [0.05, 0.1) is 17.2 Å². The number of rotatable bonds is 3. The molecule has 2 nitrogen and oxygen atoms in total. The first-order chi connectivity index (χ1) is 10.1. The summed E-state index contributed by atoms with van der Waals surface area (Å²) < 4.78 is 6.19. The van der Waals surface area contributed by atoms with E-state index in [2.05, 4.69) is 34.1 Å². The summed E-state index contributed by atoms with van der Waals surface area (Å²) in [4.78, 5) is 0. The summed E-state index contributed by atoms with van der Waals surface area (Å²) in [6, 6.07) is 14.3. The van der Waals surface area contributed by atoms with E-state index in [-0.39, 0.29) is 0 Å². The van der Waals surface area contributed by atoms with Crippen LogP contribution in [0.3, 0.4) is 0 Å². The van der Waals surface area contributed by atoms with E-state index in [1.165, 1.54) is 5.56 Å². The summed E-state index contributed by atoms with van der Waals surface area (Å²) in [6.07, 6.45) is 3.54. The Balaban J connectivity index is 1.92. The minimum absolute atomic E-state index is 0.632. The fourth-order valence-electron chi connectivity index (χ4n) is 3.24. The second-order valence-corrected chi connectivity index (χ2v) is 6.54. The largest absolute Gasteiger partial charge is 0.496 e. The van der Waals surface area contributed by atoms with Crippen LogP contribution < -0.4 is 4.74 Å². The van der Waals surface area contributed by atoms with Gasteiger partial charge in [-0.05, 0) is 64.0 Å². The third-order valence-corrected chi connectivity index (χ3v) is 4.89. The van der Waals surface area contributed by atoms with Crippen molar-refractivity contribution in [1.82, 2.24) is 0 Å². The third kappa shape index (κ3) is 2.85. The van der Waals surface area contributed by atoms with Crippen molar-refractivity contribution >= 4 is 15.9 Å². The molecule has 0 aromatic heterocycles. The summed E-state index contributed by atoms with van der Waals surface area (Å²) in [6.45, 7) is 0. The number of benzene rings is 2. The zero-order valence-corrected chi connectivity index (χ0v) is 13.7. The lowest BCUT2D eigenvalue weighted by molar-refractivity contribution is 0.0190. The summed E-state index contributed by atoms with van der Waals surface area (Å²) in [5.74, 6) is 0.815. The number of methoxy groups -OCH3 is 1. The number of fused-ring (bicyclic) bond motifs is 1. The Morgan fingerprint density at radius 2 is 2.05 bits per heavy atom. The molecule has 0 radical (unpaired) electrons. The van der Waals surface area contributed by atoms with E-state index in [0.29, 0.717) is 6.42 Å². The second kappa shape index (κ2) is 5.82. The Bertz CT molecular complexity index is 653. The predicted octanol–water partition coefficient (Wildman–Crippen LogP) is 4.22. The van der Waals surface area contributed by atoms with Crippen molar-refractivity contribution in [2.24, 2.45) is 0 Å². The topological polar surface area (TPSA) is 29.5 Å². The van der Waals surface area contributed by atoms with E-state index in [1.54, 1.807) is 7.11 Å². The van der Waals surface area contributed by atoms with Crippen LogP contribution in [0.1, 0.15) is 29.5 Å². The molecule has 0 amide bonds. The standard InChI is InChI=1S/C18H19BrO2/c1-21-17-9-8-13(11-16(17)19)12-18(20)10-4-6-14-5-2-3-7-15(14)18/h2-3,5,7-9,11,20H,4,6,10,12H2,1H3. The average molecular weight is 347 g/mol. The highest BCUT2D eigenvalue weighted by molar-refractivity contribution is 9.10. The third-order valence-electron chi connectivity index (χ3n) is 4.27. The van der Waals surface area contributed by atoms with Crippen molar-refractivity contribution in [2.45, 2.75) is 31.3 Å². The minimum atomic E-state index is -0.761. The molecule has 3 heteroatoms. The van der Waals surface area contributed by atoms with Gasteiger partial charge in [-0.25, -0.2) is 0 Å². The van der Waals surface area contributed by atoms with Crippen molar-refractivity contribution in [3.8, 4) is 5.75 Å². The van der Waals surface area contributed by atoms with Crippen molar-refractivity contribution in [2.75, 3.05) is 7.11 Å². The average Bonchev–Trinajstić information content (AvgIpc) is 2.48. The molecule has 0 saturated carbocycles. The van der Waals surface area contributed by atoms with Gasteiger partial charge in [0, 0.05) is 6.42 Å². The van der Waals surface area contributed by atoms with Gasteiger partial charge in [0.15, 0.2) is 0 Å². The summed E-state index contributed by atoms with van der Waals surface area (Å²) in [5, 5.41) is 11.1. The van der Waals surface area contributed by atoms with Crippen LogP contribution in [0, 0.1) is 0 Å². The number of ether oxygens (including phenoxy) is 1. The molecule has 0 bridgehead atoms. The molecule has 1 aliphatic carbocycles. The van der Waals surface area contributed by atoms with E-state index in [0.717, 1.165) is 40.6 Å². The van der Waals surface area contributed by atoms with Crippen molar-refractivity contribution in [3.63, 3.8) is 0 Å². The molecule has 0 aliphatic heterocycles. The Labute approximate surface area is 133 Å². The second-order valence-electron chi connectivity index (χ2n) is 5.69. The van der Waals surface area contributed by atoms with Crippen LogP contribution in [0.5, 0.6) is 5.75 Å². The van der Waals surface area contributed by atoms with Gasteiger partial charge in [-0.15, -0.1) is 0 Å². The molecule has 21 heavy (non-hydrogen) atoms. The molecule has 0 fully saturated rings. The monoisotopic (exact) mass is 346 g/mol. The molecule has 1 unspecified atom stereocenters. The fourth-order valence-corrected chi connectivity index (χ4v) is 3.83. The zero-order valence-electron chi connectivity index (χ0n) is 12.1. The molecule has 1 atom stereocenters. The number of halogens is 1. The lowest BCUT2D eigenvalue weighted by Gasteiger charge is -2.34. The van der Waals surface area contributed by atoms with Gasteiger partial charge in [0.25, 0.3) is 0 Å². The van der Waals surface area contributed by atoms with E-state index in [4.69, 9.17) is 4.74 Å². The summed E-state index contributed by atoms with van der Waals surface area (Å²) >= 11 is 3.51. The maximum atomic E-state index is 11.1. The number of aryl methyl sites for hydroxylation is 1. The van der Waals surface area contributed by atoms with Gasteiger partial charge >= 0.3 is 0 Å². The molecule has 0 heterocycles.